The summed E-state index contributed by atoms with van der Waals surface area (Å²) in [7, 11) is 0. The van der Waals surface area contributed by atoms with Crippen molar-refractivity contribution < 1.29 is 42.9 Å². The Morgan fingerprint density at radius 1 is 0.565 bits per heavy atom. The van der Waals surface area contributed by atoms with Crippen molar-refractivity contribution in [3.05, 3.63) is 144 Å². The van der Waals surface area contributed by atoms with Crippen LogP contribution in [0.1, 0.15) is 81.5 Å². The van der Waals surface area contributed by atoms with Crippen molar-refractivity contribution in [2.24, 2.45) is 5.73 Å². The number of Topliss-reactive ketones (excluding diaryl/α,β-unsaturated/α-hetero) is 1. The van der Waals surface area contributed by atoms with Crippen LogP contribution in [0, 0.1) is 0 Å². The molecule has 0 aliphatic heterocycles. The molecule has 0 aliphatic rings. The molecule has 0 bridgehead atoms. The molecular formula is C48H61N5O9. The van der Waals surface area contributed by atoms with Gasteiger partial charge in [0.15, 0.2) is 11.4 Å². The van der Waals surface area contributed by atoms with Crippen LogP contribution in [0.5, 0.6) is 0 Å². The molecule has 0 fully saturated rings. The highest BCUT2D eigenvalue weighted by Gasteiger charge is 2.46. The molecule has 5 N–H and O–H groups in total. The van der Waals surface area contributed by atoms with Crippen molar-refractivity contribution in [3.8, 4) is 0 Å². The molecule has 0 aromatic heterocycles. The molecular weight excluding hydrogens is 791 g/mol. The Bertz CT molecular complexity index is 1960. The molecule has 14 heteroatoms. The number of carbonyl (C=O) groups excluding carboxylic acids is 5. The second-order valence-electron chi connectivity index (χ2n) is 15.9. The molecule has 2 unspecified atom stereocenters. The first kappa shape index (κ1) is 48.3. The molecule has 2 atom stereocenters. The lowest BCUT2D eigenvalue weighted by Gasteiger charge is -2.41. The van der Waals surface area contributed by atoms with Gasteiger partial charge in [-0.25, -0.2) is 19.2 Å². The molecule has 14 nitrogen and oxygen atoms in total. The van der Waals surface area contributed by atoms with E-state index in [2.05, 4.69) is 16.0 Å². The topological polar surface area (TPSA) is 188 Å². The molecule has 4 aromatic carbocycles. The van der Waals surface area contributed by atoms with E-state index < -0.39 is 47.5 Å². The highest BCUT2D eigenvalue weighted by Crippen LogP contribution is 2.25. The van der Waals surface area contributed by atoms with Gasteiger partial charge >= 0.3 is 24.4 Å². The first-order valence-electron chi connectivity index (χ1n) is 21.1. The fraction of sp³-hybridized carbons (Fsp3) is 0.396. The summed E-state index contributed by atoms with van der Waals surface area (Å²) in [5.74, 6) is -0.623. The Labute approximate surface area is 364 Å². The zero-order valence-corrected chi connectivity index (χ0v) is 36.0. The summed E-state index contributed by atoms with van der Waals surface area (Å²) in [4.78, 5) is 68.6. The number of amides is 4. The van der Waals surface area contributed by atoms with Gasteiger partial charge in [0, 0.05) is 26.1 Å². The van der Waals surface area contributed by atoms with Crippen LogP contribution in [0.4, 0.5) is 19.2 Å². The molecule has 4 aromatic rings. The van der Waals surface area contributed by atoms with Gasteiger partial charge in [-0.05, 0) is 68.7 Å². The van der Waals surface area contributed by atoms with Gasteiger partial charge in [0.25, 0.3) is 0 Å². The number of nitrogens with zero attached hydrogens (tertiary/aromatic N) is 1. The van der Waals surface area contributed by atoms with E-state index in [1.165, 1.54) is 4.90 Å². The van der Waals surface area contributed by atoms with Crippen molar-refractivity contribution in [2.45, 2.75) is 103 Å². The largest absolute Gasteiger partial charge is 0.445 e. The van der Waals surface area contributed by atoms with Gasteiger partial charge in [0.2, 0.25) is 0 Å². The average Bonchev–Trinajstić information content (AvgIpc) is 3.26. The van der Waals surface area contributed by atoms with E-state index in [1.807, 2.05) is 121 Å². The van der Waals surface area contributed by atoms with Crippen LogP contribution in [-0.4, -0.2) is 72.0 Å². The number of benzene rings is 4. The number of ether oxygens (including phenoxy) is 4. The summed E-state index contributed by atoms with van der Waals surface area (Å²) >= 11 is 0. The summed E-state index contributed by atoms with van der Waals surface area (Å²) in [5.41, 5.74) is 7.55. The predicted octanol–water partition coefficient (Wildman–Crippen LogP) is 8.18. The van der Waals surface area contributed by atoms with E-state index in [9.17, 15) is 19.2 Å². The van der Waals surface area contributed by atoms with Crippen molar-refractivity contribution in [2.75, 3.05) is 19.6 Å². The second kappa shape index (κ2) is 25.4. The standard InChI is InChI=1S/C48H61N5O9/c1-47(2,3)62-45(57)52-41(33-37-21-10-6-11-22-37)42(54)48(49,29-18-4-5-19-30-50-43(55)59-34-38-23-12-7-13-24-38)53(46(58)61-36-40-27-16-9-17-28-40)32-20-31-51-44(56)60-35-39-25-14-8-15-26-39/h6-17,21-28,41H,4-5,18-20,29-36,49H2,1-3H3,(H,50,55)(H,51,56)(H,52,57). The first-order chi connectivity index (χ1) is 29.8. The minimum atomic E-state index is -1.99. The van der Waals surface area contributed by atoms with Crippen LogP contribution in [-0.2, 0) is 50.0 Å². The van der Waals surface area contributed by atoms with E-state index in [-0.39, 0.29) is 52.2 Å². The Balaban J connectivity index is 1.52. The van der Waals surface area contributed by atoms with E-state index in [1.54, 1.807) is 20.8 Å². The number of nitrogens with one attached hydrogen (secondary N) is 3. The summed E-state index contributed by atoms with van der Waals surface area (Å²) in [5, 5.41) is 8.21. The zero-order valence-electron chi connectivity index (χ0n) is 36.0. The molecule has 0 aliphatic carbocycles. The maximum Gasteiger partial charge on any atom is 0.411 e. The summed E-state index contributed by atoms with van der Waals surface area (Å²) in [6.07, 6.45) is -0.296. The summed E-state index contributed by atoms with van der Waals surface area (Å²) in [6, 6.07) is 35.7. The van der Waals surface area contributed by atoms with Crippen molar-refractivity contribution in [1.29, 1.82) is 0 Å². The van der Waals surface area contributed by atoms with Crippen LogP contribution in [0.2, 0.25) is 0 Å². The number of carbonyl (C=O) groups is 5. The first-order valence-corrected chi connectivity index (χ1v) is 21.1. The van der Waals surface area contributed by atoms with E-state index in [0.717, 1.165) is 22.3 Å². The maximum atomic E-state index is 15.1. The number of unbranched alkanes of at least 4 members (excludes halogenated alkanes) is 3. The third-order valence-corrected chi connectivity index (χ3v) is 9.63. The smallest absolute Gasteiger partial charge is 0.411 e. The van der Waals surface area contributed by atoms with Gasteiger partial charge in [-0.15, -0.1) is 0 Å². The number of ketones is 1. The lowest BCUT2D eigenvalue weighted by atomic mass is 9.88. The average molecular weight is 852 g/mol. The van der Waals surface area contributed by atoms with Crippen molar-refractivity contribution in [1.82, 2.24) is 20.9 Å². The van der Waals surface area contributed by atoms with Crippen LogP contribution < -0.4 is 21.7 Å². The normalized spacial score (nSPS) is 12.5. The molecule has 4 rings (SSSR count). The molecule has 62 heavy (non-hydrogen) atoms. The van der Waals surface area contributed by atoms with Crippen LogP contribution in [0.25, 0.3) is 0 Å². The zero-order chi connectivity index (χ0) is 44.6. The number of rotatable bonds is 23. The summed E-state index contributed by atoms with van der Waals surface area (Å²) in [6.45, 7) is 5.66. The Morgan fingerprint density at radius 3 is 1.48 bits per heavy atom. The molecule has 4 amide bonds. The summed E-state index contributed by atoms with van der Waals surface area (Å²) < 4.78 is 22.0. The van der Waals surface area contributed by atoms with Gasteiger partial charge in [-0.3, -0.25) is 9.69 Å². The van der Waals surface area contributed by atoms with Gasteiger partial charge in [-0.2, -0.15) is 0 Å². The second-order valence-corrected chi connectivity index (χ2v) is 15.9. The van der Waals surface area contributed by atoms with Crippen LogP contribution in [0.15, 0.2) is 121 Å². The molecule has 0 saturated carbocycles. The maximum absolute atomic E-state index is 15.1. The molecule has 0 radical (unpaired) electrons. The minimum absolute atomic E-state index is 0.00660. The highest BCUT2D eigenvalue weighted by atomic mass is 16.6. The predicted molar refractivity (Wildman–Crippen MR) is 236 cm³/mol. The van der Waals surface area contributed by atoms with E-state index in [0.29, 0.717) is 32.2 Å². The Kier molecular flexibility index (Phi) is 19.8. The fourth-order valence-corrected chi connectivity index (χ4v) is 6.49. The van der Waals surface area contributed by atoms with Crippen molar-refractivity contribution in [3.63, 3.8) is 0 Å². The molecule has 0 spiro atoms. The Hall–Kier alpha value is -6.41. The lowest BCUT2D eigenvalue weighted by Crippen LogP contribution is -2.68. The molecule has 332 valence electrons. The van der Waals surface area contributed by atoms with Gasteiger partial charge in [-0.1, -0.05) is 134 Å². The number of alkyl carbamates (subject to hydrolysis) is 3. The monoisotopic (exact) mass is 851 g/mol. The van der Waals surface area contributed by atoms with Gasteiger partial charge in [0.05, 0.1) is 6.04 Å². The molecule has 0 heterocycles. The third-order valence-electron chi connectivity index (χ3n) is 9.63. The van der Waals surface area contributed by atoms with Crippen molar-refractivity contribution >= 4 is 30.2 Å². The van der Waals surface area contributed by atoms with Crippen LogP contribution >= 0.6 is 0 Å². The van der Waals surface area contributed by atoms with Gasteiger partial charge < -0.3 is 40.6 Å². The third kappa shape index (κ3) is 17.7. The number of nitrogens with two attached hydrogens (primary N) is 1. The lowest BCUT2D eigenvalue weighted by molar-refractivity contribution is -0.133. The highest BCUT2D eigenvalue weighted by molar-refractivity contribution is 5.97. The molecule has 0 saturated heterocycles. The fourth-order valence-electron chi connectivity index (χ4n) is 6.49. The van der Waals surface area contributed by atoms with E-state index >= 15 is 4.79 Å². The van der Waals surface area contributed by atoms with Gasteiger partial charge in [0.1, 0.15) is 25.4 Å². The number of hydrogen-bond donors (Lipinski definition) is 4. The van der Waals surface area contributed by atoms with Crippen LogP contribution in [0.3, 0.4) is 0 Å². The SMILES string of the molecule is CC(C)(C)OC(=O)NC(Cc1ccccc1)C(=O)C(N)(CCCCCCNC(=O)OCc1ccccc1)N(CCCNC(=O)OCc1ccccc1)C(=O)OCc1ccccc1. The number of hydrogen-bond acceptors (Lipinski definition) is 10. The quantitative estimate of drug-likeness (QED) is 0.0322. The Morgan fingerprint density at radius 2 is 1.00 bits per heavy atom. The van der Waals surface area contributed by atoms with E-state index in [4.69, 9.17) is 24.7 Å². The minimum Gasteiger partial charge on any atom is -0.445 e.